The van der Waals surface area contributed by atoms with Gasteiger partial charge in [0.2, 0.25) is 0 Å². The maximum Gasteiger partial charge on any atom is 0.475 e. The monoisotopic (exact) mass is 196 g/mol. The molecule has 0 aliphatic rings. The van der Waals surface area contributed by atoms with Gasteiger partial charge in [-0.15, -0.1) is 6.58 Å². The van der Waals surface area contributed by atoms with Crippen molar-refractivity contribution in [3.8, 4) is 0 Å². The number of rotatable bonds is 7. The van der Waals surface area contributed by atoms with E-state index in [9.17, 15) is 4.57 Å². The van der Waals surface area contributed by atoms with Crippen LogP contribution in [0.3, 0.4) is 0 Å². The molecule has 72 valence electrons. The maximum atomic E-state index is 11.6. The van der Waals surface area contributed by atoms with Crippen molar-refractivity contribution < 1.29 is 20.9 Å². The highest BCUT2D eigenvalue weighted by Crippen LogP contribution is 2.48. The van der Waals surface area contributed by atoms with Gasteiger partial charge in [-0.2, -0.15) is 0 Å². The summed E-state index contributed by atoms with van der Waals surface area (Å²) in [6.07, 6.45) is 0.887. The molecule has 0 spiro atoms. The Morgan fingerprint density at radius 3 is 2.25 bits per heavy atom. The smallest absolute Gasteiger partial charge is 0.287 e. The second-order valence-electron chi connectivity index (χ2n) is 1.70. The number of hydrogen-bond donors (Lipinski definition) is 0. The summed E-state index contributed by atoms with van der Waals surface area (Å²) in [5.74, 6) is 0. The van der Waals surface area contributed by atoms with Crippen molar-refractivity contribution in [3.05, 3.63) is 12.7 Å². The molecule has 0 heterocycles. The van der Waals surface area contributed by atoms with E-state index in [4.69, 9.17) is 11.8 Å². The topological polar surface area (TPSA) is 44.8 Å². The summed E-state index contributed by atoms with van der Waals surface area (Å²) in [5.41, 5.74) is 0. The fourth-order valence-corrected chi connectivity index (χ4v) is 1.52. The van der Waals surface area contributed by atoms with Gasteiger partial charge in [0.15, 0.2) is 0 Å². The lowest BCUT2D eigenvalue weighted by Crippen LogP contribution is -1.99. The predicted molar refractivity (Wildman–Crippen MR) is 47.0 cm³/mol. The Morgan fingerprint density at radius 1 is 1.42 bits per heavy atom. The summed E-state index contributed by atoms with van der Waals surface area (Å²) in [4.78, 5) is 0. The molecule has 12 heavy (non-hydrogen) atoms. The van der Waals surface area contributed by atoms with Gasteiger partial charge in [0.1, 0.15) is 0 Å². The molecule has 0 amide bonds. The van der Waals surface area contributed by atoms with Crippen molar-refractivity contribution in [2.75, 3.05) is 19.8 Å². The van der Waals surface area contributed by atoms with E-state index in [1.54, 1.807) is 13.8 Å². The summed E-state index contributed by atoms with van der Waals surface area (Å²) in [6, 6.07) is 0. The van der Waals surface area contributed by atoms with E-state index in [1.165, 1.54) is 0 Å². The van der Waals surface area contributed by atoms with E-state index < -0.39 is 14.4 Å². The molecule has 0 N–H and O–H groups in total. The number of phosphoric ester groups is 1. The quantitative estimate of drug-likeness (QED) is 0.463. The van der Waals surface area contributed by atoms with Gasteiger partial charge in [0.05, 0.1) is 22.5 Å². The first kappa shape index (κ1) is 8.45. The van der Waals surface area contributed by atoms with E-state index in [2.05, 4.69) is 11.1 Å². The van der Waals surface area contributed by atoms with E-state index >= 15 is 0 Å². The molecule has 0 radical (unpaired) electrons. The van der Waals surface area contributed by atoms with Crippen LogP contribution in [0.5, 0.6) is 0 Å². The largest absolute Gasteiger partial charge is 0.475 e. The molecule has 0 aliphatic heterocycles. The predicted octanol–water partition coefficient (Wildman–Crippen LogP) is 2.37. The normalized spacial score (nSPS) is 15.2. The van der Waals surface area contributed by atoms with Crippen molar-refractivity contribution in [1.29, 1.82) is 0 Å². The van der Waals surface area contributed by atoms with Gasteiger partial charge in [-0.3, -0.25) is 13.6 Å². The van der Waals surface area contributed by atoms with Crippen molar-refractivity contribution in [3.63, 3.8) is 0 Å². The first-order valence-electron chi connectivity index (χ1n) is 4.62. The Kier molecular flexibility index (Phi) is 4.49. The third-order valence-electron chi connectivity index (χ3n) is 0.822. The van der Waals surface area contributed by atoms with Crippen LogP contribution in [0.2, 0.25) is 0 Å². The zero-order chi connectivity index (χ0) is 11.2. The van der Waals surface area contributed by atoms with Gasteiger partial charge in [-0.25, -0.2) is 4.57 Å². The molecular formula is C7H15O4P. The highest BCUT2D eigenvalue weighted by atomic mass is 31.2. The summed E-state index contributed by atoms with van der Waals surface area (Å²) >= 11 is 0. The molecule has 0 aromatic carbocycles. The lowest BCUT2D eigenvalue weighted by atomic mass is 10.7. The van der Waals surface area contributed by atoms with Crippen LogP contribution in [0, 0.1) is 0 Å². The molecule has 0 unspecified atom stereocenters. The molecule has 0 atom stereocenters. The fourth-order valence-electron chi connectivity index (χ4n) is 0.508. The van der Waals surface area contributed by atoms with E-state index in [-0.39, 0.29) is 13.2 Å². The molecule has 0 aromatic heterocycles. The van der Waals surface area contributed by atoms with Gasteiger partial charge in [0.25, 0.3) is 0 Å². The van der Waals surface area contributed by atoms with E-state index in [0.717, 1.165) is 6.08 Å². The lowest BCUT2D eigenvalue weighted by molar-refractivity contribution is 0.131. The SMILES string of the molecule is [2H]C([2H])(C=C)OP(=O)(OCC)OCC. The third-order valence-corrected chi connectivity index (χ3v) is 2.30. The molecule has 5 heteroatoms. The molecular weight excluding hydrogens is 179 g/mol. The van der Waals surface area contributed by atoms with Crippen LogP contribution < -0.4 is 0 Å². The van der Waals surface area contributed by atoms with Gasteiger partial charge < -0.3 is 0 Å². The van der Waals surface area contributed by atoms with Gasteiger partial charge in [0, 0.05) is 0 Å². The Labute approximate surface area is 75.9 Å². The zero-order valence-corrected chi connectivity index (χ0v) is 8.17. The van der Waals surface area contributed by atoms with Crippen LogP contribution >= 0.6 is 7.82 Å². The minimum Gasteiger partial charge on any atom is -0.287 e. The second-order valence-corrected chi connectivity index (χ2v) is 3.29. The minimum absolute atomic E-state index is 0.116. The third kappa shape index (κ3) is 4.67. The average Bonchev–Trinajstić information content (AvgIpc) is 2.03. The molecule has 0 aliphatic carbocycles. The van der Waals surface area contributed by atoms with Crippen molar-refractivity contribution in [1.82, 2.24) is 0 Å². The van der Waals surface area contributed by atoms with E-state index in [1.807, 2.05) is 0 Å². The van der Waals surface area contributed by atoms with Crippen LogP contribution in [0.4, 0.5) is 0 Å². The summed E-state index contributed by atoms with van der Waals surface area (Å²) in [6.45, 7) is 4.43. The maximum absolute atomic E-state index is 11.6. The fraction of sp³-hybridized carbons (Fsp3) is 0.714. The molecule has 4 nitrogen and oxygen atoms in total. The molecule has 0 fully saturated rings. The zero-order valence-electron chi connectivity index (χ0n) is 9.28. The summed E-state index contributed by atoms with van der Waals surface area (Å²) in [7, 11) is -3.80. The number of hydrogen-bond acceptors (Lipinski definition) is 4. The van der Waals surface area contributed by atoms with Gasteiger partial charge in [-0.05, 0) is 13.8 Å². The van der Waals surface area contributed by atoms with Crippen molar-refractivity contribution >= 4 is 7.82 Å². The van der Waals surface area contributed by atoms with Crippen LogP contribution in [0.25, 0.3) is 0 Å². The molecule has 0 saturated carbocycles. The first-order chi connectivity index (χ1) is 6.39. The molecule has 0 rings (SSSR count). The highest BCUT2D eigenvalue weighted by molar-refractivity contribution is 7.48. The Hall–Kier alpha value is -0.150. The lowest BCUT2D eigenvalue weighted by Gasteiger charge is -2.14. The highest BCUT2D eigenvalue weighted by Gasteiger charge is 2.24. The van der Waals surface area contributed by atoms with Crippen LogP contribution in [0.15, 0.2) is 12.7 Å². The van der Waals surface area contributed by atoms with Crippen molar-refractivity contribution in [2.24, 2.45) is 0 Å². The molecule has 0 saturated heterocycles. The van der Waals surface area contributed by atoms with Crippen LogP contribution in [0.1, 0.15) is 16.6 Å². The summed E-state index contributed by atoms with van der Waals surface area (Å²) in [5, 5.41) is 0. The standard InChI is InChI=1S/C7H15O4P/c1-4-7-11-12(8,9-5-2)10-6-3/h4H,1,5-7H2,2-3H3/i7D2. The minimum atomic E-state index is -3.80. The van der Waals surface area contributed by atoms with Crippen molar-refractivity contribution in [2.45, 2.75) is 13.8 Å². The Morgan fingerprint density at radius 2 is 1.92 bits per heavy atom. The van der Waals surface area contributed by atoms with E-state index in [0.29, 0.717) is 0 Å². The second kappa shape index (κ2) is 6.38. The van der Waals surface area contributed by atoms with Crippen LogP contribution in [-0.4, -0.2) is 19.8 Å². The first-order valence-corrected chi connectivity index (χ1v) is 5.08. The van der Waals surface area contributed by atoms with Gasteiger partial charge >= 0.3 is 7.82 Å². The number of phosphoric acid groups is 1. The molecule has 0 aromatic rings. The Bertz CT molecular complexity index is 222. The summed E-state index contributed by atoms with van der Waals surface area (Å²) < 4.78 is 40.0. The molecule has 0 bridgehead atoms. The Balaban J connectivity index is 4.51. The van der Waals surface area contributed by atoms with Crippen LogP contribution in [-0.2, 0) is 18.1 Å². The van der Waals surface area contributed by atoms with Gasteiger partial charge in [-0.1, -0.05) is 6.08 Å². The average molecular weight is 196 g/mol.